The number of pyridine rings is 1. The van der Waals surface area contributed by atoms with Crippen molar-refractivity contribution in [2.45, 2.75) is 13.0 Å². The number of methoxy groups -OCH3 is 1. The Hall–Kier alpha value is -4.91. The lowest BCUT2D eigenvalue weighted by molar-refractivity contribution is 0.415. The van der Waals surface area contributed by atoms with Gasteiger partial charge in [0.25, 0.3) is 0 Å². The summed E-state index contributed by atoms with van der Waals surface area (Å²) in [6, 6.07) is 12.6. The molecule has 34 heavy (non-hydrogen) atoms. The Morgan fingerprint density at radius 2 is 1.97 bits per heavy atom. The van der Waals surface area contributed by atoms with Gasteiger partial charge in [-0.25, -0.2) is 24.6 Å². The molecule has 0 amide bonds. The first kappa shape index (κ1) is 21.0. The van der Waals surface area contributed by atoms with Gasteiger partial charge in [-0.05, 0) is 43.3 Å². The lowest BCUT2D eigenvalue weighted by atomic mass is 10.1. The maximum Gasteiger partial charge on any atom is 0.164 e. The predicted octanol–water partition coefficient (Wildman–Crippen LogP) is 3.42. The number of hydrogen-bond donors (Lipinski definition) is 1. The highest BCUT2D eigenvalue weighted by atomic mass is 16.5. The van der Waals surface area contributed by atoms with Crippen molar-refractivity contribution < 1.29 is 4.74 Å². The number of ether oxygens (including phenoxy) is 1. The number of anilines is 1. The number of nitrogens with zero attached hydrogens (tertiary/aromatic N) is 8. The van der Waals surface area contributed by atoms with Crippen LogP contribution < -0.4 is 10.5 Å². The van der Waals surface area contributed by atoms with Crippen molar-refractivity contribution in [1.82, 2.24) is 34.7 Å². The van der Waals surface area contributed by atoms with Crippen LogP contribution in [0.3, 0.4) is 0 Å². The minimum atomic E-state index is -0.301. The molecule has 10 nitrogen and oxygen atoms in total. The SMILES string of the molecule is COc1cc(C#N)cc(-c2nn(C(C)c3ccnc(-c4cccnc4)n3)c3ncnc(N)c23)c1. The molecule has 1 unspecified atom stereocenters. The molecule has 0 saturated heterocycles. The van der Waals surface area contributed by atoms with Crippen LogP contribution in [-0.4, -0.2) is 41.8 Å². The largest absolute Gasteiger partial charge is 0.497 e. The molecule has 0 saturated carbocycles. The molecule has 0 spiro atoms. The van der Waals surface area contributed by atoms with Crippen LogP contribution in [0, 0.1) is 11.3 Å². The number of nitrogen functional groups attached to an aromatic ring is 1. The maximum absolute atomic E-state index is 9.46. The maximum atomic E-state index is 9.46. The average molecular weight is 449 g/mol. The number of nitriles is 1. The molecule has 1 aromatic carbocycles. The molecule has 0 bridgehead atoms. The summed E-state index contributed by atoms with van der Waals surface area (Å²) < 4.78 is 7.12. The van der Waals surface area contributed by atoms with Gasteiger partial charge in [-0.15, -0.1) is 0 Å². The summed E-state index contributed by atoms with van der Waals surface area (Å²) in [7, 11) is 1.55. The van der Waals surface area contributed by atoms with E-state index in [4.69, 9.17) is 20.6 Å². The topological polar surface area (TPSA) is 141 Å². The van der Waals surface area contributed by atoms with E-state index in [1.54, 1.807) is 48.6 Å². The zero-order chi connectivity index (χ0) is 23.7. The van der Waals surface area contributed by atoms with Gasteiger partial charge in [-0.1, -0.05) is 0 Å². The number of fused-ring (bicyclic) bond motifs is 1. The Bertz CT molecular complexity index is 1540. The molecular weight excluding hydrogens is 430 g/mol. The van der Waals surface area contributed by atoms with Gasteiger partial charge in [0.2, 0.25) is 0 Å². The third-order valence-electron chi connectivity index (χ3n) is 5.45. The van der Waals surface area contributed by atoms with E-state index in [0.29, 0.717) is 45.2 Å². The summed E-state index contributed by atoms with van der Waals surface area (Å²) in [6.45, 7) is 1.97. The standard InChI is InChI=1S/C24H19N9O/c1-14(19-5-7-28-23(31-19)16-4-3-6-27-12-16)33-24-20(22(26)29-13-30-24)21(32-33)17-8-15(11-25)9-18(10-17)34-2/h3-10,12-14H,1-2H3,(H2,26,29,30). The van der Waals surface area contributed by atoms with E-state index in [0.717, 1.165) is 11.3 Å². The summed E-state index contributed by atoms with van der Waals surface area (Å²) >= 11 is 0. The number of nitrogens with two attached hydrogens (primary N) is 1. The van der Waals surface area contributed by atoms with Crippen LogP contribution >= 0.6 is 0 Å². The van der Waals surface area contributed by atoms with Crippen molar-refractivity contribution in [3.8, 4) is 34.5 Å². The molecule has 1 atom stereocenters. The number of benzene rings is 1. The molecule has 0 radical (unpaired) electrons. The lowest BCUT2D eigenvalue weighted by Gasteiger charge is -2.13. The second kappa shape index (κ2) is 8.55. The molecule has 10 heteroatoms. The fourth-order valence-corrected chi connectivity index (χ4v) is 3.75. The van der Waals surface area contributed by atoms with E-state index < -0.39 is 0 Å². The number of rotatable bonds is 5. The van der Waals surface area contributed by atoms with E-state index in [2.05, 4.69) is 26.0 Å². The minimum absolute atomic E-state index is 0.290. The molecule has 5 aromatic rings. The first-order valence-corrected chi connectivity index (χ1v) is 10.4. The van der Waals surface area contributed by atoms with E-state index in [1.165, 1.54) is 6.33 Å². The second-order valence-electron chi connectivity index (χ2n) is 7.54. The Morgan fingerprint density at radius 3 is 2.74 bits per heavy atom. The molecule has 0 aliphatic carbocycles. The molecular formula is C24H19N9O. The van der Waals surface area contributed by atoms with Crippen LogP contribution in [0.25, 0.3) is 33.7 Å². The molecule has 0 aliphatic heterocycles. The van der Waals surface area contributed by atoms with Crippen molar-refractivity contribution >= 4 is 16.9 Å². The lowest BCUT2D eigenvalue weighted by Crippen LogP contribution is -2.12. The summed E-state index contributed by atoms with van der Waals surface area (Å²) in [5.41, 5.74) is 10.0. The van der Waals surface area contributed by atoms with Crippen molar-refractivity contribution in [1.29, 1.82) is 5.26 Å². The quantitative estimate of drug-likeness (QED) is 0.427. The third-order valence-corrected chi connectivity index (χ3v) is 5.45. The highest BCUT2D eigenvalue weighted by Gasteiger charge is 2.22. The van der Waals surface area contributed by atoms with Gasteiger partial charge < -0.3 is 10.5 Å². The molecule has 5 rings (SSSR count). The first-order valence-electron chi connectivity index (χ1n) is 10.4. The Labute approximate surface area is 194 Å². The molecule has 166 valence electrons. The summed E-state index contributed by atoms with van der Waals surface area (Å²) in [5, 5.41) is 14.9. The third kappa shape index (κ3) is 3.65. The molecule has 2 N–H and O–H groups in total. The van der Waals surface area contributed by atoms with Gasteiger partial charge in [-0.3, -0.25) is 4.98 Å². The first-order chi connectivity index (χ1) is 16.6. The van der Waals surface area contributed by atoms with Crippen LogP contribution in [0.4, 0.5) is 5.82 Å². The summed E-state index contributed by atoms with van der Waals surface area (Å²) in [5.74, 6) is 1.39. The zero-order valence-corrected chi connectivity index (χ0v) is 18.4. The van der Waals surface area contributed by atoms with Crippen LogP contribution in [0.15, 0.2) is 61.3 Å². The normalized spacial score (nSPS) is 11.8. The van der Waals surface area contributed by atoms with E-state index in [9.17, 15) is 5.26 Å². The van der Waals surface area contributed by atoms with Crippen LogP contribution in [0.5, 0.6) is 5.75 Å². The molecule has 0 aliphatic rings. The van der Waals surface area contributed by atoms with Gasteiger partial charge in [0.1, 0.15) is 23.6 Å². The second-order valence-corrected chi connectivity index (χ2v) is 7.54. The van der Waals surface area contributed by atoms with Crippen LogP contribution in [0.2, 0.25) is 0 Å². The predicted molar refractivity (Wildman–Crippen MR) is 126 cm³/mol. The van der Waals surface area contributed by atoms with E-state index in [1.807, 2.05) is 25.1 Å². The van der Waals surface area contributed by atoms with Crippen molar-refractivity contribution in [3.05, 3.63) is 72.6 Å². The van der Waals surface area contributed by atoms with E-state index >= 15 is 0 Å². The van der Waals surface area contributed by atoms with Crippen molar-refractivity contribution in [2.24, 2.45) is 0 Å². The Morgan fingerprint density at radius 1 is 1.09 bits per heavy atom. The molecule has 0 fully saturated rings. The smallest absolute Gasteiger partial charge is 0.164 e. The molecule has 4 heterocycles. The van der Waals surface area contributed by atoms with Crippen molar-refractivity contribution in [2.75, 3.05) is 12.8 Å². The van der Waals surface area contributed by atoms with Gasteiger partial charge in [0.15, 0.2) is 11.5 Å². The summed E-state index contributed by atoms with van der Waals surface area (Å²) in [6.07, 6.45) is 6.53. The Balaban J connectivity index is 1.67. The fourth-order valence-electron chi connectivity index (χ4n) is 3.75. The Kier molecular flexibility index (Phi) is 5.27. The highest BCUT2D eigenvalue weighted by molar-refractivity contribution is 5.98. The van der Waals surface area contributed by atoms with Gasteiger partial charge in [-0.2, -0.15) is 10.4 Å². The number of hydrogen-bond acceptors (Lipinski definition) is 9. The van der Waals surface area contributed by atoms with Gasteiger partial charge in [0.05, 0.1) is 35.9 Å². The minimum Gasteiger partial charge on any atom is -0.497 e. The van der Waals surface area contributed by atoms with E-state index in [-0.39, 0.29) is 6.04 Å². The monoisotopic (exact) mass is 449 g/mol. The van der Waals surface area contributed by atoms with Crippen LogP contribution in [0.1, 0.15) is 24.2 Å². The zero-order valence-electron chi connectivity index (χ0n) is 18.4. The fraction of sp³-hybridized carbons (Fsp3) is 0.125. The summed E-state index contributed by atoms with van der Waals surface area (Å²) in [4.78, 5) is 21.9. The molecule has 4 aromatic heterocycles. The highest BCUT2D eigenvalue weighted by Crippen LogP contribution is 2.35. The van der Waals surface area contributed by atoms with Crippen LogP contribution in [-0.2, 0) is 0 Å². The average Bonchev–Trinajstić information content (AvgIpc) is 3.29. The van der Waals surface area contributed by atoms with Crippen molar-refractivity contribution in [3.63, 3.8) is 0 Å². The van der Waals surface area contributed by atoms with Gasteiger partial charge in [0, 0.05) is 29.7 Å². The number of aromatic nitrogens is 7. The van der Waals surface area contributed by atoms with Gasteiger partial charge >= 0.3 is 0 Å².